The maximum absolute atomic E-state index is 12.9. The number of hydrogen-bond acceptors (Lipinski definition) is 4. The van der Waals surface area contributed by atoms with Crippen LogP contribution in [0.25, 0.3) is 0 Å². The number of nitrogens with zero attached hydrogens (tertiary/aromatic N) is 1. The number of halogens is 1. The molecule has 8 heteroatoms. The summed E-state index contributed by atoms with van der Waals surface area (Å²) in [5.41, 5.74) is 0.315. The van der Waals surface area contributed by atoms with Crippen LogP contribution in [-0.4, -0.2) is 24.5 Å². The van der Waals surface area contributed by atoms with Crippen LogP contribution in [0.4, 0.5) is 10.2 Å². The summed E-state index contributed by atoms with van der Waals surface area (Å²) in [7, 11) is -4.05. The van der Waals surface area contributed by atoms with Crippen LogP contribution in [0.15, 0.2) is 41.3 Å². The smallest absolute Gasteiger partial charge is 0.335 e. The minimum atomic E-state index is -4.05. The predicted octanol–water partition coefficient (Wildman–Crippen LogP) is 2.03. The third-order valence-corrected chi connectivity index (χ3v) is 4.06. The summed E-state index contributed by atoms with van der Waals surface area (Å²) in [6, 6.07) is 7.36. The lowest BCUT2D eigenvalue weighted by molar-refractivity contribution is 0.0696. The highest BCUT2D eigenvalue weighted by atomic mass is 32.2. The van der Waals surface area contributed by atoms with E-state index in [0.29, 0.717) is 5.56 Å². The van der Waals surface area contributed by atoms with Gasteiger partial charge in [-0.2, -0.15) is 4.39 Å². The number of anilines is 1. The van der Waals surface area contributed by atoms with Crippen molar-refractivity contribution in [3.05, 3.63) is 53.5 Å². The van der Waals surface area contributed by atoms with E-state index >= 15 is 0 Å². The lowest BCUT2D eigenvalue weighted by Crippen LogP contribution is -2.15. The molecule has 2 rings (SSSR count). The molecule has 0 bridgehead atoms. The number of carboxylic acids is 1. The van der Waals surface area contributed by atoms with Crippen LogP contribution in [-0.2, 0) is 10.0 Å². The van der Waals surface area contributed by atoms with E-state index < -0.39 is 21.9 Å². The van der Waals surface area contributed by atoms with Crippen LogP contribution in [0.3, 0.4) is 0 Å². The zero-order chi connectivity index (χ0) is 15.6. The van der Waals surface area contributed by atoms with E-state index in [0.717, 1.165) is 12.1 Å². The number of sulfonamides is 1. The Morgan fingerprint density at radius 3 is 2.62 bits per heavy atom. The normalized spacial score (nSPS) is 11.1. The Hall–Kier alpha value is -2.48. The van der Waals surface area contributed by atoms with Gasteiger partial charge in [-0.05, 0) is 36.8 Å². The van der Waals surface area contributed by atoms with E-state index in [1.807, 2.05) is 0 Å². The zero-order valence-electron chi connectivity index (χ0n) is 10.9. The average molecular weight is 310 g/mol. The van der Waals surface area contributed by atoms with Crippen molar-refractivity contribution in [3.8, 4) is 0 Å². The third kappa shape index (κ3) is 3.34. The van der Waals surface area contributed by atoms with Gasteiger partial charge in [-0.3, -0.25) is 4.72 Å². The fraction of sp³-hybridized carbons (Fsp3) is 0.0769. The average Bonchev–Trinajstić information content (AvgIpc) is 2.38. The largest absolute Gasteiger partial charge is 0.478 e. The second-order valence-corrected chi connectivity index (χ2v) is 5.92. The van der Waals surface area contributed by atoms with E-state index in [9.17, 15) is 17.6 Å². The number of carboxylic acid groups (broad SMARTS) is 1. The molecule has 1 aromatic heterocycles. The Balaban J connectivity index is 2.40. The van der Waals surface area contributed by atoms with Crippen LogP contribution < -0.4 is 4.72 Å². The predicted molar refractivity (Wildman–Crippen MR) is 73.1 cm³/mol. The molecule has 1 aromatic carbocycles. The molecule has 0 spiro atoms. The van der Waals surface area contributed by atoms with Crippen molar-refractivity contribution >= 4 is 21.8 Å². The Morgan fingerprint density at radius 2 is 2.00 bits per heavy atom. The van der Waals surface area contributed by atoms with Gasteiger partial charge in [-0.25, -0.2) is 18.2 Å². The monoisotopic (exact) mass is 310 g/mol. The van der Waals surface area contributed by atoms with Crippen molar-refractivity contribution in [1.82, 2.24) is 4.98 Å². The highest BCUT2D eigenvalue weighted by molar-refractivity contribution is 7.92. The van der Waals surface area contributed by atoms with Gasteiger partial charge in [0.1, 0.15) is 5.82 Å². The molecule has 0 atom stereocenters. The number of aromatic nitrogens is 1. The molecule has 0 fully saturated rings. The summed E-state index contributed by atoms with van der Waals surface area (Å²) in [6.07, 6.45) is 0. The van der Waals surface area contributed by atoms with E-state index in [1.165, 1.54) is 24.3 Å². The third-order valence-electron chi connectivity index (χ3n) is 2.70. The van der Waals surface area contributed by atoms with Crippen LogP contribution in [0.1, 0.15) is 15.9 Å². The van der Waals surface area contributed by atoms with Gasteiger partial charge in [0.25, 0.3) is 10.0 Å². The lowest BCUT2D eigenvalue weighted by atomic mass is 10.1. The van der Waals surface area contributed by atoms with Crippen molar-refractivity contribution in [2.75, 3.05) is 4.72 Å². The number of nitrogens with one attached hydrogen (secondary N) is 1. The molecule has 6 nitrogen and oxygen atoms in total. The van der Waals surface area contributed by atoms with Crippen molar-refractivity contribution in [2.24, 2.45) is 0 Å². The maximum atomic E-state index is 12.9. The standard InChI is InChI=1S/C13H11FN2O4S/c1-8-5-6-9(7-10(8)13(17)18)21(19,20)16-12-4-2-3-11(14)15-12/h2-7H,1H3,(H,15,16)(H,17,18). The first-order valence-corrected chi connectivity index (χ1v) is 7.27. The van der Waals surface area contributed by atoms with Gasteiger partial charge in [-0.15, -0.1) is 0 Å². The number of benzene rings is 1. The molecule has 2 N–H and O–H groups in total. The molecule has 0 aliphatic rings. The van der Waals surface area contributed by atoms with Gasteiger partial charge in [0, 0.05) is 0 Å². The second-order valence-electron chi connectivity index (χ2n) is 4.23. The fourth-order valence-corrected chi connectivity index (χ4v) is 2.69. The summed E-state index contributed by atoms with van der Waals surface area (Å²) in [4.78, 5) is 14.2. The van der Waals surface area contributed by atoms with Crippen molar-refractivity contribution in [3.63, 3.8) is 0 Å². The van der Waals surface area contributed by atoms with Crippen molar-refractivity contribution in [2.45, 2.75) is 11.8 Å². The number of pyridine rings is 1. The number of aromatic carboxylic acids is 1. The van der Waals surface area contributed by atoms with Crippen LogP contribution >= 0.6 is 0 Å². The zero-order valence-corrected chi connectivity index (χ0v) is 11.7. The molecular formula is C13H11FN2O4S. The molecule has 0 aliphatic heterocycles. The van der Waals surface area contributed by atoms with E-state index in [2.05, 4.69) is 9.71 Å². The van der Waals surface area contributed by atoms with Gasteiger partial charge in [-0.1, -0.05) is 12.1 Å². The molecule has 21 heavy (non-hydrogen) atoms. The van der Waals surface area contributed by atoms with Gasteiger partial charge in [0.05, 0.1) is 10.5 Å². The molecule has 2 aromatic rings. The molecule has 0 unspecified atom stereocenters. The summed E-state index contributed by atoms with van der Waals surface area (Å²) in [5.74, 6) is -2.24. The van der Waals surface area contributed by atoms with E-state index in [1.54, 1.807) is 6.92 Å². The van der Waals surface area contributed by atoms with Crippen molar-refractivity contribution < 1.29 is 22.7 Å². The first-order chi connectivity index (χ1) is 9.79. The molecular weight excluding hydrogens is 299 g/mol. The molecule has 110 valence electrons. The Morgan fingerprint density at radius 1 is 1.29 bits per heavy atom. The number of hydrogen-bond donors (Lipinski definition) is 2. The van der Waals surface area contributed by atoms with Gasteiger partial charge in [0.2, 0.25) is 5.95 Å². The highest BCUT2D eigenvalue weighted by Gasteiger charge is 2.18. The number of aryl methyl sites for hydroxylation is 1. The Kier molecular flexibility index (Phi) is 3.90. The topological polar surface area (TPSA) is 96.4 Å². The summed E-state index contributed by atoms with van der Waals surface area (Å²) in [6.45, 7) is 1.56. The summed E-state index contributed by atoms with van der Waals surface area (Å²) >= 11 is 0. The minimum Gasteiger partial charge on any atom is -0.478 e. The Bertz CT molecular complexity index is 806. The molecule has 0 saturated carbocycles. The number of carbonyl (C=O) groups is 1. The van der Waals surface area contributed by atoms with Crippen LogP contribution in [0.2, 0.25) is 0 Å². The molecule has 0 radical (unpaired) electrons. The number of rotatable bonds is 4. The summed E-state index contributed by atoms with van der Waals surface area (Å²) in [5, 5.41) is 9.00. The first kappa shape index (κ1) is 14.9. The maximum Gasteiger partial charge on any atom is 0.335 e. The van der Waals surface area contributed by atoms with E-state index in [4.69, 9.17) is 5.11 Å². The lowest BCUT2D eigenvalue weighted by Gasteiger charge is -2.09. The van der Waals surface area contributed by atoms with Crippen LogP contribution in [0, 0.1) is 12.9 Å². The quantitative estimate of drug-likeness (QED) is 0.842. The van der Waals surface area contributed by atoms with Gasteiger partial charge in [0.15, 0.2) is 0 Å². The summed E-state index contributed by atoms with van der Waals surface area (Å²) < 4.78 is 39.3. The first-order valence-electron chi connectivity index (χ1n) is 5.79. The SMILES string of the molecule is Cc1ccc(S(=O)(=O)Nc2cccc(F)n2)cc1C(=O)O. The van der Waals surface area contributed by atoms with E-state index in [-0.39, 0.29) is 16.3 Å². The minimum absolute atomic E-state index is 0.120. The highest BCUT2D eigenvalue weighted by Crippen LogP contribution is 2.18. The van der Waals surface area contributed by atoms with Gasteiger partial charge >= 0.3 is 5.97 Å². The van der Waals surface area contributed by atoms with Crippen molar-refractivity contribution in [1.29, 1.82) is 0 Å². The Labute approximate surface area is 120 Å². The molecule has 0 saturated heterocycles. The van der Waals surface area contributed by atoms with Crippen LogP contribution in [0.5, 0.6) is 0 Å². The molecule has 0 aliphatic carbocycles. The van der Waals surface area contributed by atoms with Gasteiger partial charge < -0.3 is 5.11 Å². The second kappa shape index (κ2) is 5.49. The fourth-order valence-electron chi connectivity index (χ4n) is 1.66. The molecule has 1 heterocycles. The molecule has 0 amide bonds.